The summed E-state index contributed by atoms with van der Waals surface area (Å²) in [6.45, 7) is 4.08. The van der Waals surface area contributed by atoms with E-state index >= 15 is 0 Å². The SMILES string of the molecule is COc1ccc(S(=O)(=O)Nc2ccc(C3SCC(=O)N3c3ccc(C)c(C)c3)cc2)cc1. The fourth-order valence-corrected chi connectivity index (χ4v) is 5.75. The molecule has 6 nitrogen and oxygen atoms in total. The van der Waals surface area contributed by atoms with Crippen LogP contribution >= 0.6 is 11.8 Å². The van der Waals surface area contributed by atoms with Gasteiger partial charge < -0.3 is 4.74 Å². The van der Waals surface area contributed by atoms with E-state index in [1.54, 1.807) is 36.0 Å². The quantitative estimate of drug-likeness (QED) is 0.557. The molecule has 1 fully saturated rings. The van der Waals surface area contributed by atoms with Crippen molar-refractivity contribution in [3.63, 3.8) is 0 Å². The number of nitrogens with one attached hydrogen (secondary N) is 1. The first-order chi connectivity index (χ1) is 15.3. The summed E-state index contributed by atoms with van der Waals surface area (Å²) in [5.74, 6) is 1.06. The number of thioether (sulfide) groups is 1. The van der Waals surface area contributed by atoms with Crippen molar-refractivity contribution in [3.05, 3.63) is 83.4 Å². The van der Waals surface area contributed by atoms with Gasteiger partial charge in [-0.25, -0.2) is 8.42 Å². The van der Waals surface area contributed by atoms with E-state index in [9.17, 15) is 13.2 Å². The molecule has 4 rings (SSSR count). The number of sulfonamides is 1. The predicted molar refractivity (Wildman–Crippen MR) is 129 cm³/mol. The summed E-state index contributed by atoms with van der Waals surface area (Å²) in [4.78, 5) is 14.6. The molecule has 8 heteroatoms. The lowest BCUT2D eigenvalue weighted by molar-refractivity contribution is -0.115. The van der Waals surface area contributed by atoms with Crippen molar-refractivity contribution in [2.45, 2.75) is 24.1 Å². The summed E-state index contributed by atoms with van der Waals surface area (Å²) in [5, 5.41) is -0.156. The minimum Gasteiger partial charge on any atom is -0.497 e. The Bertz CT molecular complexity index is 1240. The van der Waals surface area contributed by atoms with Crippen LogP contribution in [0.5, 0.6) is 5.75 Å². The second-order valence-corrected chi connectivity index (χ2v) is 10.3. The highest BCUT2D eigenvalue weighted by molar-refractivity contribution is 8.00. The Balaban J connectivity index is 1.54. The highest BCUT2D eigenvalue weighted by Crippen LogP contribution is 2.42. The number of anilines is 2. The van der Waals surface area contributed by atoms with E-state index in [1.165, 1.54) is 24.8 Å². The van der Waals surface area contributed by atoms with Crippen LogP contribution in [0.1, 0.15) is 22.1 Å². The second kappa shape index (κ2) is 8.88. The number of amides is 1. The Morgan fingerprint density at radius 2 is 1.66 bits per heavy atom. The van der Waals surface area contributed by atoms with Gasteiger partial charge in [0.25, 0.3) is 10.0 Å². The lowest BCUT2D eigenvalue weighted by Gasteiger charge is -2.25. The molecule has 3 aromatic carbocycles. The highest BCUT2D eigenvalue weighted by Gasteiger charge is 2.34. The molecule has 1 saturated heterocycles. The average molecular weight is 469 g/mol. The van der Waals surface area contributed by atoms with Crippen molar-refractivity contribution in [3.8, 4) is 5.75 Å². The van der Waals surface area contributed by atoms with Crippen molar-refractivity contribution in [2.75, 3.05) is 22.5 Å². The molecule has 1 amide bonds. The molecule has 0 aliphatic carbocycles. The molecule has 1 atom stereocenters. The summed E-state index contributed by atoms with van der Waals surface area (Å²) in [6, 6.07) is 19.4. The van der Waals surface area contributed by atoms with E-state index in [0.29, 0.717) is 17.2 Å². The molecular formula is C24H24N2O4S2. The summed E-state index contributed by atoms with van der Waals surface area (Å²) in [6.07, 6.45) is 0. The second-order valence-electron chi connectivity index (χ2n) is 7.60. The predicted octanol–water partition coefficient (Wildman–Crippen LogP) is 4.89. The molecule has 1 N–H and O–H groups in total. The van der Waals surface area contributed by atoms with E-state index in [2.05, 4.69) is 4.72 Å². The van der Waals surface area contributed by atoms with Gasteiger partial charge in [-0.2, -0.15) is 0 Å². The molecule has 32 heavy (non-hydrogen) atoms. The number of ether oxygens (including phenoxy) is 1. The topological polar surface area (TPSA) is 75.7 Å². The Labute approximate surface area is 192 Å². The largest absolute Gasteiger partial charge is 0.497 e. The maximum Gasteiger partial charge on any atom is 0.261 e. The smallest absolute Gasteiger partial charge is 0.261 e. The zero-order valence-corrected chi connectivity index (χ0v) is 19.7. The maximum absolute atomic E-state index is 12.7. The van der Waals surface area contributed by atoms with Crippen molar-refractivity contribution in [2.24, 2.45) is 0 Å². The normalized spacial score (nSPS) is 16.3. The van der Waals surface area contributed by atoms with Crippen molar-refractivity contribution < 1.29 is 17.9 Å². The molecular weight excluding hydrogens is 444 g/mol. The van der Waals surface area contributed by atoms with Gasteiger partial charge in [0.15, 0.2) is 0 Å². The lowest BCUT2D eigenvalue weighted by Crippen LogP contribution is -2.27. The molecule has 166 valence electrons. The van der Waals surface area contributed by atoms with Crippen LogP contribution in [0.25, 0.3) is 0 Å². The Hall–Kier alpha value is -2.97. The number of nitrogens with zero attached hydrogens (tertiary/aromatic N) is 1. The summed E-state index contributed by atoms with van der Waals surface area (Å²) < 4.78 is 33.0. The van der Waals surface area contributed by atoms with Gasteiger partial charge in [0.1, 0.15) is 11.1 Å². The molecule has 0 bridgehead atoms. The molecule has 0 spiro atoms. The van der Waals surface area contributed by atoms with E-state index in [4.69, 9.17) is 4.74 Å². The fourth-order valence-electron chi connectivity index (χ4n) is 3.51. The zero-order valence-electron chi connectivity index (χ0n) is 18.0. The van der Waals surface area contributed by atoms with Gasteiger partial charge in [-0.1, -0.05) is 18.2 Å². The lowest BCUT2D eigenvalue weighted by atomic mass is 10.1. The van der Waals surface area contributed by atoms with Gasteiger partial charge in [0, 0.05) is 11.4 Å². The van der Waals surface area contributed by atoms with E-state index in [1.807, 2.05) is 49.1 Å². The third-order valence-electron chi connectivity index (χ3n) is 5.45. The number of benzene rings is 3. The van der Waals surface area contributed by atoms with Gasteiger partial charge in [0.05, 0.1) is 17.8 Å². The Morgan fingerprint density at radius 3 is 2.28 bits per heavy atom. The van der Waals surface area contributed by atoms with Crippen molar-refractivity contribution >= 4 is 39.1 Å². The van der Waals surface area contributed by atoms with Gasteiger partial charge in [-0.3, -0.25) is 14.4 Å². The van der Waals surface area contributed by atoms with Crippen LogP contribution in [0.3, 0.4) is 0 Å². The van der Waals surface area contributed by atoms with Crippen LogP contribution in [0.2, 0.25) is 0 Å². The van der Waals surface area contributed by atoms with Crippen LogP contribution in [0.4, 0.5) is 11.4 Å². The molecule has 1 aliphatic heterocycles. The first kappa shape index (κ1) is 22.2. The number of rotatable bonds is 6. The van der Waals surface area contributed by atoms with E-state index in [0.717, 1.165) is 16.8 Å². The maximum atomic E-state index is 12.7. The Kier molecular flexibility index (Phi) is 6.17. The number of aryl methyl sites for hydroxylation is 2. The molecule has 0 saturated carbocycles. The molecule has 1 aliphatic rings. The summed E-state index contributed by atoms with van der Waals surface area (Å²) >= 11 is 1.56. The molecule has 1 unspecified atom stereocenters. The number of hydrogen-bond donors (Lipinski definition) is 1. The number of carbonyl (C=O) groups excluding carboxylic acids is 1. The first-order valence-electron chi connectivity index (χ1n) is 10.1. The number of carbonyl (C=O) groups is 1. The first-order valence-corrected chi connectivity index (χ1v) is 12.6. The van der Waals surface area contributed by atoms with Crippen LogP contribution in [0, 0.1) is 13.8 Å². The van der Waals surface area contributed by atoms with Crippen molar-refractivity contribution in [1.29, 1.82) is 0 Å². The molecule has 3 aromatic rings. The fraction of sp³-hybridized carbons (Fsp3) is 0.208. The third kappa shape index (κ3) is 4.47. The molecule has 0 radical (unpaired) electrons. The van der Waals surface area contributed by atoms with E-state index < -0.39 is 10.0 Å². The summed E-state index contributed by atoms with van der Waals surface area (Å²) in [5.41, 5.74) is 4.58. The average Bonchev–Trinajstić information content (AvgIpc) is 3.17. The van der Waals surface area contributed by atoms with Gasteiger partial charge in [-0.05, 0) is 79.1 Å². The van der Waals surface area contributed by atoms with Crippen LogP contribution in [-0.2, 0) is 14.8 Å². The number of hydrogen-bond acceptors (Lipinski definition) is 5. The van der Waals surface area contributed by atoms with Crippen LogP contribution in [0.15, 0.2) is 71.6 Å². The van der Waals surface area contributed by atoms with Crippen molar-refractivity contribution in [1.82, 2.24) is 0 Å². The third-order valence-corrected chi connectivity index (χ3v) is 8.06. The van der Waals surface area contributed by atoms with Gasteiger partial charge in [0.2, 0.25) is 5.91 Å². The minimum atomic E-state index is -3.72. The van der Waals surface area contributed by atoms with Crippen LogP contribution < -0.4 is 14.4 Å². The Morgan fingerprint density at radius 1 is 0.969 bits per heavy atom. The minimum absolute atomic E-state index is 0.0625. The van der Waals surface area contributed by atoms with Gasteiger partial charge >= 0.3 is 0 Å². The monoisotopic (exact) mass is 468 g/mol. The molecule has 1 heterocycles. The number of methoxy groups -OCH3 is 1. The zero-order chi connectivity index (χ0) is 22.9. The summed E-state index contributed by atoms with van der Waals surface area (Å²) in [7, 11) is -2.19. The van der Waals surface area contributed by atoms with E-state index in [-0.39, 0.29) is 16.2 Å². The standard InChI is InChI=1S/C24H24N2O4S2/c1-16-4-9-20(14-17(16)2)26-23(27)15-31-24(26)18-5-7-19(8-6-18)25-32(28,29)22-12-10-21(30-3)11-13-22/h4-14,24-25H,15H2,1-3H3. The highest BCUT2D eigenvalue weighted by atomic mass is 32.2. The van der Waals surface area contributed by atoms with Crippen LogP contribution in [-0.4, -0.2) is 27.2 Å². The molecule has 0 aromatic heterocycles. The van der Waals surface area contributed by atoms with Gasteiger partial charge in [-0.15, -0.1) is 11.8 Å².